The Morgan fingerprint density at radius 2 is 1.60 bits per heavy atom. The number of aliphatic carboxylic acids is 1. The highest BCUT2D eigenvalue weighted by molar-refractivity contribution is 7.89. The molecule has 25 heavy (non-hydrogen) atoms. The lowest BCUT2D eigenvalue weighted by Gasteiger charge is -2.25. The highest BCUT2D eigenvalue weighted by Gasteiger charge is 2.33. The van der Waals surface area contributed by atoms with Gasteiger partial charge in [0.15, 0.2) is 0 Å². The van der Waals surface area contributed by atoms with Crippen LogP contribution in [-0.2, 0) is 21.2 Å². The number of likely N-dealkylation sites (N-methyl/N-ethyl adjacent to an activating group) is 1. The first-order chi connectivity index (χ1) is 11.6. The van der Waals surface area contributed by atoms with E-state index >= 15 is 0 Å². The summed E-state index contributed by atoms with van der Waals surface area (Å²) in [5.41, 5.74) is 3.79. The number of rotatable bonds is 6. The summed E-state index contributed by atoms with van der Waals surface area (Å²) in [4.78, 5) is 11.8. The fourth-order valence-electron chi connectivity index (χ4n) is 2.70. The summed E-state index contributed by atoms with van der Waals surface area (Å²) in [5.74, 6) is -1.17. The maximum absolute atomic E-state index is 12.8. The molecule has 0 amide bonds. The third-order valence-corrected chi connectivity index (χ3v) is 6.21. The number of carboxylic acids is 1. The molecule has 0 radical (unpaired) electrons. The van der Waals surface area contributed by atoms with E-state index in [0.29, 0.717) is 0 Å². The van der Waals surface area contributed by atoms with E-state index in [2.05, 4.69) is 0 Å². The standard InChI is InChI=1S/C19H23NO4S/c1-13-6-9-17(10-7-13)25(23,24)20(4)18(19(21)22)12-16-8-5-14(2)11-15(16)3/h5-11,18H,12H2,1-4H3,(H,21,22)/t18-/m1/s1. The maximum Gasteiger partial charge on any atom is 0.322 e. The molecule has 0 saturated carbocycles. The van der Waals surface area contributed by atoms with Crippen molar-refractivity contribution in [3.05, 3.63) is 64.7 Å². The average molecular weight is 361 g/mol. The first-order valence-corrected chi connectivity index (χ1v) is 9.40. The first kappa shape index (κ1) is 19.1. The smallest absolute Gasteiger partial charge is 0.322 e. The lowest BCUT2D eigenvalue weighted by atomic mass is 9.99. The number of benzene rings is 2. The Labute approximate surface area is 149 Å². The van der Waals surface area contributed by atoms with E-state index < -0.39 is 22.0 Å². The molecule has 0 aliphatic heterocycles. The van der Waals surface area contributed by atoms with Gasteiger partial charge in [0.25, 0.3) is 0 Å². The minimum Gasteiger partial charge on any atom is -0.480 e. The Morgan fingerprint density at radius 3 is 2.12 bits per heavy atom. The molecule has 2 rings (SSSR count). The second kappa shape index (κ2) is 7.37. The minimum atomic E-state index is -3.89. The Kier molecular flexibility index (Phi) is 5.65. The monoisotopic (exact) mass is 361 g/mol. The zero-order chi connectivity index (χ0) is 18.8. The van der Waals surface area contributed by atoms with Crippen molar-refractivity contribution in [2.75, 3.05) is 7.05 Å². The van der Waals surface area contributed by atoms with Gasteiger partial charge in [-0.05, 0) is 50.5 Å². The number of sulfonamides is 1. The number of hydrogen-bond donors (Lipinski definition) is 1. The topological polar surface area (TPSA) is 74.7 Å². The van der Waals surface area contributed by atoms with E-state index in [4.69, 9.17) is 0 Å². The van der Waals surface area contributed by atoms with Gasteiger partial charge in [-0.15, -0.1) is 0 Å². The zero-order valence-corrected chi connectivity index (χ0v) is 15.7. The molecule has 0 heterocycles. The molecule has 0 fully saturated rings. The number of aryl methyl sites for hydroxylation is 3. The number of hydrogen-bond acceptors (Lipinski definition) is 3. The van der Waals surface area contributed by atoms with E-state index in [0.717, 1.165) is 26.6 Å². The van der Waals surface area contributed by atoms with Crippen LogP contribution in [0.2, 0.25) is 0 Å². The van der Waals surface area contributed by atoms with Crippen LogP contribution >= 0.6 is 0 Å². The van der Waals surface area contributed by atoms with Crippen molar-refractivity contribution in [3.8, 4) is 0 Å². The van der Waals surface area contributed by atoms with Gasteiger partial charge in [-0.3, -0.25) is 4.79 Å². The first-order valence-electron chi connectivity index (χ1n) is 7.96. The summed E-state index contributed by atoms with van der Waals surface area (Å²) in [6.45, 7) is 5.72. The largest absolute Gasteiger partial charge is 0.480 e. The highest BCUT2D eigenvalue weighted by atomic mass is 32.2. The van der Waals surface area contributed by atoms with Crippen molar-refractivity contribution < 1.29 is 18.3 Å². The molecule has 134 valence electrons. The second-order valence-corrected chi connectivity index (χ2v) is 8.32. The van der Waals surface area contributed by atoms with Crippen molar-refractivity contribution >= 4 is 16.0 Å². The fraction of sp³-hybridized carbons (Fsp3) is 0.316. The van der Waals surface area contributed by atoms with Crippen LogP contribution in [0.25, 0.3) is 0 Å². The van der Waals surface area contributed by atoms with Gasteiger partial charge in [0.2, 0.25) is 10.0 Å². The fourth-order valence-corrected chi connectivity index (χ4v) is 4.01. The van der Waals surface area contributed by atoms with E-state index in [1.54, 1.807) is 12.1 Å². The number of carbonyl (C=O) groups is 1. The molecule has 0 saturated heterocycles. The molecule has 0 bridgehead atoms. The molecule has 0 aliphatic carbocycles. The number of carboxylic acid groups (broad SMARTS) is 1. The lowest BCUT2D eigenvalue weighted by molar-refractivity contribution is -0.141. The molecule has 2 aromatic rings. The average Bonchev–Trinajstić information content (AvgIpc) is 2.53. The van der Waals surface area contributed by atoms with E-state index in [1.165, 1.54) is 19.2 Å². The van der Waals surface area contributed by atoms with Crippen molar-refractivity contribution in [2.45, 2.75) is 38.1 Å². The Bertz CT molecular complexity index is 873. The minimum absolute atomic E-state index is 0.0903. The van der Waals surface area contributed by atoms with Crippen LogP contribution in [0.3, 0.4) is 0 Å². The van der Waals surface area contributed by atoms with E-state index in [1.807, 2.05) is 39.0 Å². The summed E-state index contributed by atoms with van der Waals surface area (Å²) in [6.07, 6.45) is 0.114. The third kappa shape index (κ3) is 4.27. The van der Waals surface area contributed by atoms with Gasteiger partial charge < -0.3 is 5.11 Å². The summed E-state index contributed by atoms with van der Waals surface area (Å²) in [5, 5.41) is 9.60. The molecule has 2 aromatic carbocycles. The Morgan fingerprint density at radius 1 is 1.04 bits per heavy atom. The quantitative estimate of drug-likeness (QED) is 0.858. The molecular formula is C19H23NO4S. The molecule has 0 spiro atoms. The van der Waals surface area contributed by atoms with Crippen LogP contribution in [0.4, 0.5) is 0 Å². The normalized spacial score (nSPS) is 13.0. The SMILES string of the molecule is Cc1ccc(S(=O)(=O)N(C)[C@H](Cc2ccc(C)cc2C)C(=O)O)cc1. The maximum atomic E-state index is 12.8. The van der Waals surface area contributed by atoms with E-state index in [9.17, 15) is 18.3 Å². The van der Waals surface area contributed by atoms with Crippen molar-refractivity contribution in [2.24, 2.45) is 0 Å². The predicted octanol–water partition coefficient (Wildman–Crippen LogP) is 2.93. The van der Waals surface area contributed by atoms with Gasteiger partial charge in [-0.25, -0.2) is 8.42 Å². The van der Waals surface area contributed by atoms with Crippen molar-refractivity contribution in [3.63, 3.8) is 0 Å². The van der Waals surface area contributed by atoms with Crippen LogP contribution in [0.15, 0.2) is 47.4 Å². The highest BCUT2D eigenvalue weighted by Crippen LogP contribution is 2.21. The molecule has 0 unspecified atom stereocenters. The van der Waals surface area contributed by atoms with Crippen LogP contribution < -0.4 is 0 Å². The van der Waals surface area contributed by atoms with Crippen LogP contribution in [0, 0.1) is 20.8 Å². The van der Waals surface area contributed by atoms with Crippen LogP contribution in [-0.4, -0.2) is 36.9 Å². The van der Waals surface area contributed by atoms with Gasteiger partial charge in [0, 0.05) is 7.05 Å². The van der Waals surface area contributed by atoms with Gasteiger partial charge >= 0.3 is 5.97 Å². The second-order valence-electron chi connectivity index (χ2n) is 6.32. The molecule has 5 nitrogen and oxygen atoms in total. The predicted molar refractivity (Wildman–Crippen MR) is 97.2 cm³/mol. The van der Waals surface area contributed by atoms with Crippen LogP contribution in [0.1, 0.15) is 22.3 Å². The van der Waals surface area contributed by atoms with Crippen molar-refractivity contribution in [1.82, 2.24) is 4.31 Å². The van der Waals surface area contributed by atoms with Gasteiger partial charge in [-0.1, -0.05) is 41.5 Å². The molecule has 0 aliphatic rings. The summed E-state index contributed by atoms with van der Waals surface area (Å²) >= 11 is 0. The van der Waals surface area contributed by atoms with Gasteiger partial charge in [-0.2, -0.15) is 4.31 Å². The lowest BCUT2D eigenvalue weighted by Crippen LogP contribution is -2.43. The molecule has 0 aromatic heterocycles. The third-order valence-electron chi connectivity index (χ3n) is 4.33. The zero-order valence-electron chi connectivity index (χ0n) is 14.9. The Balaban J connectivity index is 2.35. The molecule has 1 N–H and O–H groups in total. The summed E-state index contributed by atoms with van der Waals surface area (Å²) < 4.78 is 26.5. The van der Waals surface area contributed by atoms with Crippen molar-refractivity contribution in [1.29, 1.82) is 0 Å². The van der Waals surface area contributed by atoms with Crippen LogP contribution in [0.5, 0.6) is 0 Å². The number of nitrogens with zero attached hydrogens (tertiary/aromatic N) is 1. The van der Waals surface area contributed by atoms with Gasteiger partial charge in [0.05, 0.1) is 4.90 Å². The summed E-state index contributed by atoms with van der Waals surface area (Å²) in [7, 11) is -2.57. The van der Waals surface area contributed by atoms with E-state index in [-0.39, 0.29) is 11.3 Å². The Hall–Kier alpha value is -2.18. The summed E-state index contributed by atoms with van der Waals surface area (Å²) in [6, 6.07) is 10.9. The molecular weight excluding hydrogens is 338 g/mol. The molecule has 6 heteroatoms. The molecule has 1 atom stereocenters. The van der Waals surface area contributed by atoms with Gasteiger partial charge in [0.1, 0.15) is 6.04 Å².